The van der Waals surface area contributed by atoms with Crippen LogP contribution in [-0.4, -0.2) is 28.7 Å². The Balaban J connectivity index is 0.801. The third-order valence-electron chi connectivity index (χ3n) is 19.2. The van der Waals surface area contributed by atoms with Crippen molar-refractivity contribution in [2.24, 2.45) is 0 Å². The highest BCUT2D eigenvalue weighted by Gasteiger charge is 2.24. The second-order valence-electron chi connectivity index (χ2n) is 27.0. The maximum atomic E-state index is 4.98. The molecule has 0 amide bonds. The van der Waals surface area contributed by atoms with Gasteiger partial charge < -0.3 is 0 Å². The lowest BCUT2D eigenvalue weighted by molar-refractivity contribution is 0.709. The van der Waals surface area contributed by atoms with Gasteiger partial charge in [-0.25, -0.2) is 15.0 Å². The Bertz CT molecular complexity index is 4170. The molecular weight excluding hydrogens is 1170 g/mol. The highest BCUT2D eigenvalue weighted by molar-refractivity contribution is 5.74. The van der Waals surface area contributed by atoms with Gasteiger partial charge >= 0.3 is 0 Å². The number of nitrogens with zero attached hydrogens (tertiary/aromatic N) is 6. The van der Waals surface area contributed by atoms with Crippen LogP contribution in [0, 0.1) is 0 Å². The van der Waals surface area contributed by atoms with Gasteiger partial charge in [0.15, 0.2) is 0 Å². The number of benzene rings is 10. The Kier molecular flexibility index (Phi) is 20.5. The van der Waals surface area contributed by atoms with Crippen LogP contribution < -0.4 is 0 Å². The molecule has 0 N–H and O–H groups in total. The summed E-state index contributed by atoms with van der Waals surface area (Å²) in [7, 11) is 0. The molecule has 0 aliphatic carbocycles. The van der Waals surface area contributed by atoms with E-state index in [2.05, 4.69) is 310 Å². The van der Waals surface area contributed by atoms with Crippen LogP contribution in [-0.2, 0) is 38.5 Å². The van der Waals surface area contributed by atoms with Crippen LogP contribution >= 0.6 is 0 Å². The van der Waals surface area contributed by atoms with Gasteiger partial charge in [0.25, 0.3) is 0 Å². The molecule has 0 radical (unpaired) electrons. The summed E-state index contributed by atoms with van der Waals surface area (Å²) >= 11 is 0. The Labute approximate surface area is 570 Å². The molecule has 96 heavy (non-hydrogen) atoms. The lowest BCUT2D eigenvalue weighted by Gasteiger charge is -2.22. The molecule has 10 aromatic carbocycles. The van der Waals surface area contributed by atoms with E-state index < -0.39 is 0 Å². The molecule has 0 unspecified atom stereocenters. The quantitative estimate of drug-likeness (QED) is 0.0482. The lowest BCUT2D eigenvalue weighted by Crippen LogP contribution is -2.08. The van der Waals surface area contributed by atoms with Gasteiger partial charge in [-0.15, -0.1) is 0 Å². The second-order valence-corrected chi connectivity index (χ2v) is 27.0. The van der Waals surface area contributed by atoms with Crippen molar-refractivity contribution in [1.29, 1.82) is 0 Å². The summed E-state index contributed by atoms with van der Waals surface area (Å²) in [6.45, 7) is 14.0. The van der Waals surface area contributed by atoms with Crippen molar-refractivity contribution < 1.29 is 0 Å². The molecule has 0 bridgehead atoms. The molecule has 6 nitrogen and oxygen atoms in total. The van der Waals surface area contributed by atoms with Gasteiger partial charge in [-0.2, -0.15) is 0 Å². The van der Waals surface area contributed by atoms with E-state index >= 15 is 0 Å². The topological polar surface area (TPSA) is 53.5 Å². The normalized spacial score (nSPS) is 11.6. The number of aromatic nitrogens is 6. The Morgan fingerprint density at radius 2 is 0.479 bits per heavy atom. The van der Waals surface area contributed by atoms with Gasteiger partial charge in [0.2, 0.25) is 0 Å². The van der Waals surface area contributed by atoms with E-state index in [1.54, 1.807) is 0 Å². The van der Waals surface area contributed by atoms with Crippen molar-refractivity contribution >= 4 is 0 Å². The minimum absolute atomic E-state index is 0.306. The maximum absolute atomic E-state index is 4.98. The minimum Gasteiger partial charge on any atom is -0.299 e. The monoisotopic (exact) mass is 1250 g/mol. The van der Waals surface area contributed by atoms with E-state index in [-0.39, 0.29) is 0 Å². The number of hydrogen-bond acceptors (Lipinski definition) is 3. The third-order valence-corrected chi connectivity index (χ3v) is 19.2. The minimum atomic E-state index is 0.306. The molecule has 3 heterocycles. The maximum Gasteiger partial charge on any atom is 0.144 e. The van der Waals surface area contributed by atoms with Crippen LogP contribution in [0.4, 0.5) is 0 Å². The molecule has 0 atom stereocenters. The molecule has 0 aliphatic heterocycles. The second kappa shape index (κ2) is 30.5. The van der Waals surface area contributed by atoms with Crippen molar-refractivity contribution in [2.75, 3.05) is 0 Å². The van der Waals surface area contributed by atoms with E-state index in [1.165, 1.54) is 101 Å². The van der Waals surface area contributed by atoms with E-state index in [1.807, 2.05) is 18.6 Å². The third kappa shape index (κ3) is 14.8. The fourth-order valence-corrected chi connectivity index (χ4v) is 14.4. The summed E-state index contributed by atoms with van der Waals surface area (Å²) in [5, 5.41) is 0. The standard InChI is InChI=1S/C90H90N6/c1-64(2)82-61-79(70-34-13-7-14-35-70)58-76(85(82)94-52-49-91-88(94)73-40-19-10-20-41-73)46-28-25-31-67-55-68(32-26-29-47-77-59-80(71-36-15-8-16-37-71)62-83(65(3)4)86(77)95-53-50-92-89(95)74-42-21-11-22-43-74)57-69(56-67)33-27-30-48-78-60-81(72-38-17-9-18-39-72)63-84(66(5)6)87(78)96-54-51-93-90(96)75-44-23-12-24-45-75/h7-24,34-45,49-66H,25-33,46-48H2,1-6H3. The molecule has 13 rings (SSSR count). The predicted octanol–water partition coefficient (Wildman–Crippen LogP) is 23.3. The Morgan fingerprint density at radius 3 is 0.719 bits per heavy atom. The van der Waals surface area contributed by atoms with Gasteiger partial charge in [-0.3, -0.25) is 13.7 Å². The summed E-state index contributed by atoms with van der Waals surface area (Å²) in [5.41, 5.74) is 27.2. The number of unbranched alkanes of at least 4 members (excludes halogenated alkanes) is 3. The van der Waals surface area contributed by atoms with Crippen LogP contribution in [0.3, 0.4) is 0 Å². The highest BCUT2D eigenvalue weighted by atomic mass is 15.1. The SMILES string of the molecule is CC(C)c1cc(-c2ccccc2)cc(CCCCc2cc(CCCCc3cc(-c4ccccc4)cc(C(C)C)c3-n3ccnc3-c3ccccc3)cc(CCCCc3cc(-c4ccccc4)cc(C(C)C)c3-n3ccnc3-c3ccccc3)c2)c1-n1ccnc1-c1ccccc1. The van der Waals surface area contributed by atoms with E-state index in [0.29, 0.717) is 17.8 Å². The first-order valence-electron chi connectivity index (χ1n) is 35.2. The van der Waals surface area contributed by atoms with Crippen LogP contribution in [0.1, 0.15) is 148 Å². The number of aryl methyl sites for hydroxylation is 6. The van der Waals surface area contributed by atoms with Crippen molar-refractivity contribution in [1.82, 2.24) is 28.7 Å². The van der Waals surface area contributed by atoms with E-state index in [9.17, 15) is 0 Å². The van der Waals surface area contributed by atoms with Crippen molar-refractivity contribution in [2.45, 2.75) is 136 Å². The zero-order valence-electron chi connectivity index (χ0n) is 56.9. The van der Waals surface area contributed by atoms with E-state index in [0.717, 1.165) is 111 Å². The van der Waals surface area contributed by atoms with Gasteiger partial charge in [-0.05, 0) is 215 Å². The van der Waals surface area contributed by atoms with Crippen LogP contribution in [0.5, 0.6) is 0 Å². The predicted molar refractivity (Wildman–Crippen MR) is 402 cm³/mol. The summed E-state index contributed by atoms with van der Waals surface area (Å²) in [6.07, 6.45) is 24.8. The molecule has 13 aromatic rings. The summed E-state index contributed by atoms with van der Waals surface area (Å²) in [4.78, 5) is 14.9. The summed E-state index contributed by atoms with van der Waals surface area (Å²) in [5.74, 6) is 3.85. The van der Waals surface area contributed by atoms with Gasteiger partial charge in [0.1, 0.15) is 17.5 Å². The first-order valence-corrected chi connectivity index (χ1v) is 35.2. The number of rotatable bonds is 27. The number of imidazole rings is 3. The molecule has 0 fully saturated rings. The molecule has 6 heteroatoms. The van der Waals surface area contributed by atoms with Crippen LogP contribution in [0.2, 0.25) is 0 Å². The fraction of sp³-hybridized carbons (Fsp3) is 0.233. The molecule has 0 saturated carbocycles. The smallest absolute Gasteiger partial charge is 0.144 e. The lowest BCUT2D eigenvalue weighted by atomic mass is 9.89. The van der Waals surface area contributed by atoms with Crippen LogP contribution in [0.15, 0.2) is 274 Å². The molecule has 480 valence electrons. The van der Waals surface area contributed by atoms with E-state index in [4.69, 9.17) is 15.0 Å². The first kappa shape index (κ1) is 64.5. The van der Waals surface area contributed by atoms with Gasteiger partial charge in [0, 0.05) is 53.9 Å². The fourth-order valence-electron chi connectivity index (χ4n) is 14.4. The van der Waals surface area contributed by atoms with Crippen LogP contribution in [0.25, 0.3) is 84.6 Å². The zero-order chi connectivity index (χ0) is 65.7. The number of hydrogen-bond donors (Lipinski definition) is 0. The average Bonchev–Trinajstić information content (AvgIpc) is 1.46. The first-order chi connectivity index (χ1) is 47.1. The van der Waals surface area contributed by atoms with Crippen molar-refractivity contribution in [3.63, 3.8) is 0 Å². The molecule has 0 spiro atoms. The summed E-state index contributed by atoms with van der Waals surface area (Å²) < 4.78 is 7.08. The van der Waals surface area contributed by atoms with Crippen molar-refractivity contribution in [3.05, 3.63) is 324 Å². The average molecular weight is 1260 g/mol. The van der Waals surface area contributed by atoms with Gasteiger partial charge in [0.05, 0.1) is 17.1 Å². The molecule has 3 aromatic heterocycles. The molecule has 0 saturated heterocycles. The Hall–Kier alpha value is -10.2. The highest BCUT2D eigenvalue weighted by Crippen LogP contribution is 2.40. The van der Waals surface area contributed by atoms with Gasteiger partial charge in [-0.1, -0.05) is 242 Å². The Morgan fingerprint density at radius 1 is 0.250 bits per heavy atom. The van der Waals surface area contributed by atoms with Crippen molar-refractivity contribution in [3.8, 4) is 84.6 Å². The molecule has 0 aliphatic rings. The summed E-state index contributed by atoms with van der Waals surface area (Å²) in [6, 6.07) is 87.1. The largest absolute Gasteiger partial charge is 0.299 e. The molecular formula is C90H90N6. The zero-order valence-corrected chi connectivity index (χ0v) is 56.9.